The van der Waals surface area contributed by atoms with Gasteiger partial charge >= 0.3 is 0 Å². The quantitative estimate of drug-likeness (QED) is 0.727. The standard InChI is InChI=1S/C14H21ClFN/c1-11(2)10-17-8-4-3-5-12-6-7-13(15)14(16)9-12/h6-7,9,11,17H,3-5,8,10H2,1-2H3. The van der Waals surface area contributed by atoms with E-state index in [1.165, 1.54) is 6.07 Å². The van der Waals surface area contributed by atoms with Gasteiger partial charge in [0, 0.05) is 0 Å². The highest BCUT2D eigenvalue weighted by Crippen LogP contribution is 2.16. The lowest BCUT2D eigenvalue weighted by atomic mass is 10.1. The fraction of sp³-hybridized carbons (Fsp3) is 0.571. The van der Waals surface area contributed by atoms with Crippen LogP contribution in [0.15, 0.2) is 18.2 Å². The van der Waals surface area contributed by atoms with Crippen molar-refractivity contribution in [1.29, 1.82) is 0 Å². The van der Waals surface area contributed by atoms with Crippen molar-refractivity contribution in [3.8, 4) is 0 Å². The van der Waals surface area contributed by atoms with Gasteiger partial charge in [0.25, 0.3) is 0 Å². The summed E-state index contributed by atoms with van der Waals surface area (Å²) < 4.78 is 13.2. The number of rotatable bonds is 7. The Hall–Kier alpha value is -0.600. The molecule has 1 nitrogen and oxygen atoms in total. The van der Waals surface area contributed by atoms with E-state index in [-0.39, 0.29) is 10.8 Å². The van der Waals surface area contributed by atoms with Gasteiger partial charge in [-0.25, -0.2) is 4.39 Å². The molecule has 1 N–H and O–H groups in total. The number of aryl methyl sites for hydroxylation is 1. The highest BCUT2D eigenvalue weighted by molar-refractivity contribution is 6.30. The Labute approximate surface area is 108 Å². The van der Waals surface area contributed by atoms with Crippen LogP contribution in [0.2, 0.25) is 5.02 Å². The summed E-state index contributed by atoms with van der Waals surface area (Å²) in [5.74, 6) is 0.377. The van der Waals surface area contributed by atoms with Gasteiger partial charge in [-0.1, -0.05) is 31.5 Å². The summed E-state index contributed by atoms with van der Waals surface area (Å²) in [6.07, 6.45) is 3.11. The van der Waals surface area contributed by atoms with Crippen molar-refractivity contribution in [3.63, 3.8) is 0 Å². The van der Waals surface area contributed by atoms with Gasteiger partial charge in [0.2, 0.25) is 0 Å². The topological polar surface area (TPSA) is 12.0 Å². The summed E-state index contributed by atoms with van der Waals surface area (Å²) in [4.78, 5) is 0. The molecule has 0 fully saturated rings. The molecule has 0 bridgehead atoms. The maximum Gasteiger partial charge on any atom is 0.142 e. The Kier molecular flexibility index (Phi) is 6.53. The lowest BCUT2D eigenvalue weighted by molar-refractivity contribution is 0.535. The normalized spacial score (nSPS) is 11.1. The third kappa shape index (κ3) is 6.04. The first kappa shape index (κ1) is 14.5. The predicted octanol–water partition coefficient (Wildman–Crippen LogP) is 4.05. The molecule has 1 aromatic rings. The minimum atomic E-state index is -0.318. The van der Waals surface area contributed by atoms with Crippen LogP contribution in [0.1, 0.15) is 32.3 Å². The molecule has 0 aliphatic heterocycles. The van der Waals surface area contributed by atoms with E-state index in [1.807, 2.05) is 6.07 Å². The van der Waals surface area contributed by atoms with Crippen LogP contribution in [0, 0.1) is 11.7 Å². The van der Waals surface area contributed by atoms with Crippen molar-refractivity contribution in [2.45, 2.75) is 33.1 Å². The summed E-state index contributed by atoms with van der Waals surface area (Å²) in [6, 6.07) is 5.06. The van der Waals surface area contributed by atoms with E-state index in [1.54, 1.807) is 6.07 Å². The van der Waals surface area contributed by atoms with Gasteiger partial charge in [-0.2, -0.15) is 0 Å². The Balaban J connectivity index is 2.16. The van der Waals surface area contributed by atoms with E-state index in [2.05, 4.69) is 19.2 Å². The van der Waals surface area contributed by atoms with E-state index < -0.39 is 0 Å². The van der Waals surface area contributed by atoms with E-state index in [0.717, 1.165) is 37.9 Å². The second kappa shape index (κ2) is 7.67. The molecule has 96 valence electrons. The second-order valence-corrected chi connectivity index (χ2v) is 5.21. The molecule has 0 spiro atoms. The van der Waals surface area contributed by atoms with Crippen LogP contribution in [0.3, 0.4) is 0 Å². The molecule has 0 unspecified atom stereocenters. The van der Waals surface area contributed by atoms with Gasteiger partial charge in [-0.05, 0) is 56.0 Å². The van der Waals surface area contributed by atoms with Gasteiger partial charge in [0.15, 0.2) is 0 Å². The zero-order valence-electron chi connectivity index (χ0n) is 10.6. The molecule has 0 aliphatic rings. The van der Waals surface area contributed by atoms with Crippen molar-refractivity contribution in [2.75, 3.05) is 13.1 Å². The molecule has 1 aromatic carbocycles. The van der Waals surface area contributed by atoms with Crippen molar-refractivity contribution < 1.29 is 4.39 Å². The van der Waals surface area contributed by atoms with Crippen LogP contribution < -0.4 is 5.32 Å². The van der Waals surface area contributed by atoms with Crippen LogP contribution >= 0.6 is 11.6 Å². The average molecular weight is 258 g/mol. The monoisotopic (exact) mass is 257 g/mol. The lowest BCUT2D eigenvalue weighted by Gasteiger charge is -2.07. The van der Waals surface area contributed by atoms with E-state index >= 15 is 0 Å². The van der Waals surface area contributed by atoms with Gasteiger partial charge in [0.1, 0.15) is 5.82 Å². The molecule has 0 atom stereocenters. The second-order valence-electron chi connectivity index (χ2n) is 4.80. The summed E-state index contributed by atoms with van der Waals surface area (Å²) in [6.45, 7) is 6.50. The number of nitrogens with one attached hydrogen (secondary N) is 1. The van der Waals surface area contributed by atoms with E-state index in [4.69, 9.17) is 11.6 Å². The number of halogens is 2. The first-order valence-corrected chi connectivity index (χ1v) is 6.62. The van der Waals surface area contributed by atoms with Gasteiger partial charge in [-0.15, -0.1) is 0 Å². The predicted molar refractivity (Wildman–Crippen MR) is 72.1 cm³/mol. The Morgan fingerprint density at radius 1 is 1.29 bits per heavy atom. The van der Waals surface area contributed by atoms with Crippen molar-refractivity contribution in [3.05, 3.63) is 34.6 Å². The minimum Gasteiger partial charge on any atom is -0.316 e. The largest absolute Gasteiger partial charge is 0.316 e. The summed E-state index contributed by atoms with van der Waals surface area (Å²) in [5.41, 5.74) is 1.02. The zero-order valence-corrected chi connectivity index (χ0v) is 11.4. The van der Waals surface area contributed by atoms with Crippen LogP contribution in [0.5, 0.6) is 0 Å². The number of benzene rings is 1. The molecular formula is C14H21ClFN. The molecule has 0 amide bonds. The van der Waals surface area contributed by atoms with Crippen molar-refractivity contribution >= 4 is 11.6 Å². The number of unbranched alkanes of at least 4 members (excludes halogenated alkanes) is 1. The molecule has 0 saturated carbocycles. The van der Waals surface area contributed by atoms with Crippen LogP contribution in [-0.2, 0) is 6.42 Å². The molecule has 0 aromatic heterocycles. The Morgan fingerprint density at radius 3 is 2.71 bits per heavy atom. The first-order chi connectivity index (χ1) is 8.09. The molecular weight excluding hydrogens is 237 g/mol. The smallest absolute Gasteiger partial charge is 0.142 e. The maximum absolute atomic E-state index is 13.2. The van der Waals surface area contributed by atoms with Crippen molar-refractivity contribution in [1.82, 2.24) is 5.32 Å². The van der Waals surface area contributed by atoms with Gasteiger partial charge < -0.3 is 5.32 Å². The lowest BCUT2D eigenvalue weighted by Crippen LogP contribution is -2.20. The van der Waals surface area contributed by atoms with Crippen LogP contribution in [-0.4, -0.2) is 13.1 Å². The summed E-state index contributed by atoms with van der Waals surface area (Å²) in [7, 11) is 0. The highest BCUT2D eigenvalue weighted by atomic mass is 35.5. The average Bonchev–Trinajstić information content (AvgIpc) is 2.27. The highest BCUT2D eigenvalue weighted by Gasteiger charge is 2.00. The molecule has 0 radical (unpaired) electrons. The van der Waals surface area contributed by atoms with Crippen molar-refractivity contribution in [2.24, 2.45) is 5.92 Å². The van der Waals surface area contributed by atoms with Crippen LogP contribution in [0.25, 0.3) is 0 Å². The summed E-state index contributed by atoms with van der Waals surface area (Å²) >= 11 is 5.63. The van der Waals surface area contributed by atoms with Crippen LogP contribution in [0.4, 0.5) is 4.39 Å². The molecule has 0 saturated heterocycles. The number of hydrogen-bond acceptors (Lipinski definition) is 1. The molecule has 1 rings (SSSR count). The maximum atomic E-state index is 13.2. The first-order valence-electron chi connectivity index (χ1n) is 6.24. The van der Waals surface area contributed by atoms with Gasteiger partial charge in [-0.3, -0.25) is 0 Å². The fourth-order valence-corrected chi connectivity index (χ4v) is 1.78. The van der Waals surface area contributed by atoms with E-state index in [0.29, 0.717) is 5.92 Å². The Bertz CT molecular complexity index is 339. The minimum absolute atomic E-state index is 0.201. The zero-order chi connectivity index (χ0) is 12.7. The molecule has 0 aliphatic carbocycles. The molecule has 0 heterocycles. The number of hydrogen-bond donors (Lipinski definition) is 1. The van der Waals surface area contributed by atoms with E-state index in [9.17, 15) is 4.39 Å². The summed E-state index contributed by atoms with van der Waals surface area (Å²) in [5, 5.41) is 3.60. The molecule has 17 heavy (non-hydrogen) atoms. The fourth-order valence-electron chi connectivity index (χ4n) is 1.67. The van der Waals surface area contributed by atoms with Gasteiger partial charge in [0.05, 0.1) is 5.02 Å². The Morgan fingerprint density at radius 2 is 2.06 bits per heavy atom. The third-order valence-corrected chi connectivity index (χ3v) is 2.91. The SMILES string of the molecule is CC(C)CNCCCCc1ccc(Cl)c(F)c1. The third-order valence-electron chi connectivity index (χ3n) is 2.61. The molecule has 3 heteroatoms.